The van der Waals surface area contributed by atoms with Crippen LogP contribution in [0.15, 0.2) is 78.9 Å². The van der Waals surface area contributed by atoms with E-state index in [4.69, 9.17) is 4.74 Å². The minimum Gasteiger partial charge on any atom is -0.508 e. The molecule has 6 bridgehead atoms. The number of nitrogens with zero attached hydrogens (tertiary/aromatic N) is 5. The molecule has 3 N–H and O–H groups in total. The lowest BCUT2D eigenvalue weighted by Crippen LogP contribution is -2.58. The van der Waals surface area contributed by atoms with Crippen LogP contribution in [0.3, 0.4) is 0 Å². The number of carbonyl (C=O) groups is 5. The second-order valence-corrected chi connectivity index (χ2v) is 20.8. The maximum Gasteiger partial charge on any atom is 0.324 e. The summed E-state index contributed by atoms with van der Waals surface area (Å²) in [4.78, 5) is 76.8. The number of phenolic OH excluding ortho intramolecular Hbond substituents is 1. The molecule has 14 heteroatoms. The molecular formula is C54H73N7O7. The summed E-state index contributed by atoms with van der Waals surface area (Å²) in [6, 6.07) is 12.6. The summed E-state index contributed by atoms with van der Waals surface area (Å²) in [5.74, 6) is -2.76. The number of likely N-dealkylation sites (N-methyl/N-ethyl adjacent to an activating group) is 2. The van der Waals surface area contributed by atoms with Crippen molar-refractivity contribution >= 4 is 40.9 Å². The summed E-state index contributed by atoms with van der Waals surface area (Å²) >= 11 is 0. The van der Waals surface area contributed by atoms with Gasteiger partial charge in [0.15, 0.2) is 0 Å². The van der Waals surface area contributed by atoms with Crippen molar-refractivity contribution in [1.29, 1.82) is 0 Å². The molecule has 2 saturated heterocycles. The fourth-order valence-corrected chi connectivity index (χ4v) is 11.0. The highest BCUT2D eigenvalue weighted by Gasteiger charge is 2.43. The number of hydrogen-bond acceptors (Lipinski definition) is 10. The Balaban J connectivity index is 1.22. The molecule has 68 heavy (non-hydrogen) atoms. The van der Waals surface area contributed by atoms with Crippen LogP contribution in [0.25, 0.3) is 11.3 Å². The van der Waals surface area contributed by atoms with Gasteiger partial charge in [-0.3, -0.25) is 29.0 Å². The standard InChI is InChI=1S/C54H73N7O7/c1-10-47(63)59-23-20-36(21-24-59)51(65)58(9)48(34(3)4)50(64)55-31-40-26-35-25-39(28-41(62)27-35)37-18-19-46-43(29-37)44(49(60(46)11-2)42-16-13-12-15-38(42)32-57(7)8)30-54(5,6)33-68-53(67)45-17-14-22-61(56-45)52(40)66/h10,12-13,15-16,18-19,25,27-29,34,36,40,43,45-46,48,56,62H,1,11,14,17,20-24,26,30-33H2,2-9H3,(H,55,64)/t40-,43?,45+,46?,48+/m1/s1. The van der Waals surface area contributed by atoms with E-state index in [0.29, 0.717) is 57.3 Å². The van der Waals surface area contributed by atoms with Crippen molar-refractivity contribution in [3.05, 3.63) is 101 Å². The van der Waals surface area contributed by atoms with Crippen molar-refractivity contribution in [2.45, 2.75) is 97.8 Å². The number of benzene rings is 2. The summed E-state index contributed by atoms with van der Waals surface area (Å²) in [6.45, 7) is 16.7. The molecule has 4 amide bonds. The number of allylic oxidation sites excluding steroid dienone is 2. The Morgan fingerprint density at radius 1 is 1.04 bits per heavy atom. The maximum absolute atomic E-state index is 14.7. The molecule has 5 aliphatic rings. The first-order chi connectivity index (χ1) is 32.4. The van der Waals surface area contributed by atoms with Gasteiger partial charge in [-0.15, -0.1) is 0 Å². The predicted molar refractivity (Wildman–Crippen MR) is 264 cm³/mol. The van der Waals surface area contributed by atoms with E-state index in [-0.39, 0.29) is 72.7 Å². The van der Waals surface area contributed by atoms with Gasteiger partial charge in [0.2, 0.25) is 23.6 Å². The number of hydrazine groups is 1. The van der Waals surface area contributed by atoms with Gasteiger partial charge in [-0.05, 0) is 112 Å². The molecule has 4 aliphatic heterocycles. The van der Waals surface area contributed by atoms with Gasteiger partial charge in [-0.2, -0.15) is 0 Å². The van der Waals surface area contributed by atoms with Crippen LogP contribution in [0.5, 0.6) is 5.75 Å². The number of aromatic hydroxyl groups is 1. The summed E-state index contributed by atoms with van der Waals surface area (Å²) in [5, 5.41) is 15.9. The highest BCUT2D eigenvalue weighted by atomic mass is 16.5. The van der Waals surface area contributed by atoms with Crippen LogP contribution in [0.4, 0.5) is 0 Å². The Bertz CT molecular complexity index is 2340. The molecule has 366 valence electrons. The first-order valence-corrected chi connectivity index (χ1v) is 24.6. The van der Waals surface area contributed by atoms with Gasteiger partial charge in [-0.25, -0.2) is 5.43 Å². The van der Waals surface area contributed by atoms with E-state index < -0.39 is 29.4 Å². The number of likely N-dealkylation sites (tertiary alicyclic amines) is 1. The summed E-state index contributed by atoms with van der Waals surface area (Å²) in [6.07, 6.45) is 10.9. The average Bonchev–Trinajstić information content (AvgIpc) is 3.61. The van der Waals surface area contributed by atoms with Crippen LogP contribution in [-0.4, -0.2) is 138 Å². The van der Waals surface area contributed by atoms with E-state index in [1.165, 1.54) is 38.4 Å². The molecule has 2 fully saturated rings. The van der Waals surface area contributed by atoms with E-state index in [2.05, 4.69) is 104 Å². The normalized spacial score (nSPS) is 23.7. The minimum absolute atomic E-state index is 0.0108. The predicted octanol–water partition coefficient (Wildman–Crippen LogP) is 5.79. The molecule has 5 atom stereocenters. The van der Waals surface area contributed by atoms with Crippen LogP contribution >= 0.6 is 0 Å². The summed E-state index contributed by atoms with van der Waals surface area (Å²) < 4.78 is 6.16. The van der Waals surface area contributed by atoms with Crippen molar-refractivity contribution < 1.29 is 33.8 Å². The number of rotatable bonds is 11. The van der Waals surface area contributed by atoms with Crippen molar-refractivity contribution in [1.82, 2.24) is 35.4 Å². The lowest BCUT2D eigenvalue weighted by Gasteiger charge is -2.37. The molecule has 0 saturated carbocycles. The lowest BCUT2D eigenvalue weighted by atomic mass is 9.77. The number of phenols is 1. The van der Waals surface area contributed by atoms with E-state index in [9.17, 15) is 29.1 Å². The number of ether oxygens (including phenoxy) is 1. The topological polar surface area (TPSA) is 155 Å². The molecule has 2 aromatic carbocycles. The van der Waals surface area contributed by atoms with Gasteiger partial charge in [0.25, 0.3) is 0 Å². The number of nitrogens with one attached hydrogen (secondary N) is 2. The molecular weight excluding hydrogens is 859 g/mol. The van der Waals surface area contributed by atoms with Crippen molar-refractivity contribution in [3.8, 4) is 5.75 Å². The van der Waals surface area contributed by atoms with E-state index in [1.54, 1.807) is 24.1 Å². The highest BCUT2D eigenvalue weighted by Crippen LogP contribution is 2.49. The average molecular weight is 932 g/mol. The van der Waals surface area contributed by atoms with E-state index >= 15 is 0 Å². The van der Waals surface area contributed by atoms with Crippen molar-refractivity contribution in [2.75, 3.05) is 60.5 Å². The molecule has 2 unspecified atom stereocenters. The van der Waals surface area contributed by atoms with Gasteiger partial charge < -0.3 is 34.8 Å². The Morgan fingerprint density at radius 2 is 1.78 bits per heavy atom. The van der Waals surface area contributed by atoms with E-state index in [1.807, 2.05) is 19.9 Å². The molecule has 2 aromatic rings. The second-order valence-electron chi connectivity index (χ2n) is 20.8. The number of fused-ring (bicyclic) bond motifs is 5. The zero-order chi connectivity index (χ0) is 49.0. The molecule has 4 heterocycles. The fraction of sp³-hybridized carbons (Fsp3) is 0.537. The second kappa shape index (κ2) is 21.3. The number of cyclic esters (lactones) is 1. The third-order valence-electron chi connectivity index (χ3n) is 14.3. The third-order valence-corrected chi connectivity index (χ3v) is 14.3. The molecule has 0 radical (unpaired) electrons. The van der Waals surface area contributed by atoms with Crippen LogP contribution in [0.2, 0.25) is 0 Å². The zero-order valence-corrected chi connectivity index (χ0v) is 41.4. The molecule has 1 aliphatic carbocycles. The fourth-order valence-electron chi connectivity index (χ4n) is 11.0. The number of amides is 4. The van der Waals surface area contributed by atoms with Gasteiger partial charge in [0.1, 0.15) is 17.8 Å². The maximum atomic E-state index is 14.7. The van der Waals surface area contributed by atoms with Crippen LogP contribution < -0.4 is 10.7 Å². The molecule has 0 spiro atoms. The van der Waals surface area contributed by atoms with Gasteiger partial charge >= 0.3 is 5.97 Å². The first-order valence-electron chi connectivity index (χ1n) is 24.6. The van der Waals surface area contributed by atoms with Crippen LogP contribution in [0, 0.1) is 29.1 Å². The lowest BCUT2D eigenvalue weighted by molar-refractivity contribution is -0.155. The van der Waals surface area contributed by atoms with Crippen LogP contribution in [-0.2, 0) is 41.7 Å². The SMILES string of the molecule is C=CC(=O)N1CCC(C(=O)N(C)[C@H](C(=O)NC[C@H]2Cc3cc(O)cc(c3)C3=CC4C(=C(c5ccccc5CN(C)C)N(CC)C4C=C3)CC(C)(C)COC(=O)[C@@H]3CCCN(N3)C2=O)C(C)C)CC1. The van der Waals surface area contributed by atoms with Gasteiger partial charge in [0.05, 0.1) is 18.6 Å². The Morgan fingerprint density at radius 3 is 2.47 bits per heavy atom. The molecule has 7 rings (SSSR count). The first kappa shape index (κ1) is 50.2. The highest BCUT2D eigenvalue weighted by molar-refractivity contribution is 5.90. The summed E-state index contributed by atoms with van der Waals surface area (Å²) in [5.41, 5.74) is 10.1. The molecule has 14 nitrogen and oxygen atoms in total. The largest absolute Gasteiger partial charge is 0.508 e. The van der Waals surface area contributed by atoms with E-state index in [0.717, 1.165) is 24.2 Å². The quantitative estimate of drug-likeness (QED) is 0.187. The number of piperidine rings is 1. The van der Waals surface area contributed by atoms with Gasteiger partial charge in [-0.1, -0.05) is 82.8 Å². The monoisotopic (exact) mass is 932 g/mol. The Kier molecular flexibility index (Phi) is 15.7. The number of carbonyl (C=O) groups excluding carboxylic acids is 5. The van der Waals surface area contributed by atoms with Crippen molar-refractivity contribution in [2.24, 2.45) is 29.1 Å². The number of hydrogen-bond donors (Lipinski definition) is 3. The van der Waals surface area contributed by atoms with Gasteiger partial charge in [0, 0.05) is 74.8 Å². The zero-order valence-electron chi connectivity index (χ0n) is 41.4. The summed E-state index contributed by atoms with van der Waals surface area (Å²) in [7, 11) is 5.81. The Hall–Kier alpha value is -5.73. The molecule has 0 aromatic heterocycles. The van der Waals surface area contributed by atoms with Crippen molar-refractivity contribution in [3.63, 3.8) is 0 Å². The smallest absolute Gasteiger partial charge is 0.324 e. The van der Waals surface area contributed by atoms with Crippen LogP contribution in [0.1, 0.15) is 89.0 Å². The third kappa shape index (κ3) is 11.1. The number of esters is 1. The Labute approximate surface area is 403 Å². The minimum atomic E-state index is -0.817.